The Hall–Kier alpha value is -1.81. The highest BCUT2D eigenvalue weighted by molar-refractivity contribution is 6.30. The summed E-state index contributed by atoms with van der Waals surface area (Å²) in [6.45, 7) is 6.61. The van der Waals surface area contributed by atoms with Crippen molar-refractivity contribution < 1.29 is 9.21 Å². The zero-order valence-corrected chi connectivity index (χ0v) is 15.1. The Bertz CT molecular complexity index is 709. The molecule has 0 saturated carbocycles. The number of nitrogens with zero attached hydrogens (tertiary/aromatic N) is 2. The van der Waals surface area contributed by atoms with Crippen molar-refractivity contribution in [3.63, 3.8) is 0 Å². The summed E-state index contributed by atoms with van der Waals surface area (Å²) in [7, 11) is 0. The molecule has 1 fully saturated rings. The van der Waals surface area contributed by atoms with E-state index in [4.69, 9.17) is 21.0 Å². The number of halogens is 1. The van der Waals surface area contributed by atoms with E-state index >= 15 is 0 Å². The van der Waals surface area contributed by atoms with Crippen molar-refractivity contribution in [3.8, 4) is 11.3 Å². The maximum absolute atomic E-state index is 12.3. The summed E-state index contributed by atoms with van der Waals surface area (Å²) >= 11 is 6.00. The molecule has 2 heterocycles. The summed E-state index contributed by atoms with van der Waals surface area (Å²) < 4.78 is 6.13. The van der Waals surface area contributed by atoms with E-state index in [1.54, 1.807) is 6.92 Å². The molecule has 2 aromatic rings. The standard InChI is InChI=1S/C19H23ClN2O2/c1-12(2)17-16(14-8-5-4-6-9-14)21-18(24-17)15-10-7-11-22(15)19(23)13(3)20/h4-6,8-9,12-13,15H,7,10-11H2,1-3H3. The van der Waals surface area contributed by atoms with E-state index in [0.717, 1.165) is 29.9 Å². The van der Waals surface area contributed by atoms with Gasteiger partial charge in [0.05, 0.1) is 0 Å². The molecule has 1 aromatic heterocycles. The van der Waals surface area contributed by atoms with Crippen molar-refractivity contribution >= 4 is 17.5 Å². The van der Waals surface area contributed by atoms with Gasteiger partial charge in [-0.15, -0.1) is 11.6 Å². The minimum absolute atomic E-state index is 0.0512. The molecule has 5 heteroatoms. The Morgan fingerprint density at radius 3 is 2.62 bits per heavy atom. The smallest absolute Gasteiger partial charge is 0.241 e. The van der Waals surface area contributed by atoms with Gasteiger partial charge >= 0.3 is 0 Å². The summed E-state index contributed by atoms with van der Waals surface area (Å²) in [6, 6.07) is 9.92. The molecule has 0 radical (unpaired) electrons. The van der Waals surface area contributed by atoms with Crippen LogP contribution in [0, 0.1) is 0 Å². The molecule has 1 aliphatic rings. The molecule has 1 aromatic carbocycles. The zero-order valence-electron chi connectivity index (χ0n) is 14.3. The molecule has 0 aliphatic carbocycles. The SMILES string of the molecule is CC(Cl)C(=O)N1CCCC1c1nc(-c2ccccc2)c(C(C)C)o1. The molecule has 1 amide bonds. The number of carbonyl (C=O) groups is 1. The number of rotatable bonds is 4. The Balaban J connectivity index is 1.99. The van der Waals surface area contributed by atoms with Crippen LogP contribution in [0.1, 0.15) is 57.2 Å². The number of oxazole rings is 1. The van der Waals surface area contributed by atoms with Gasteiger partial charge < -0.3 is 9.32 Å². The van der Waals surface area contributed by atoms with Crippen molar-refractivity contribution in [3.05, 3.63) is 42.0 Å². The predicted octanol–water partition coefficient (Wildman–Crippen LogP) is 4.76. The predicted molar refractivity (Wildman–Crippen MR) is 95.0 cm³/mol. The molecule has 2 atom stereocenters. The summed E-state index contributed by atoms with van der Waals surface area (Å²) in [5, 5.41) is -0.529. The van der Waals surface area contributed by atoms with Gasteiger partial charge in [-0.25, -0.2) is 4.98 Å². The third-order valence-corrected chi connectivity index (χ3v) is 4.59. The van der Waals surface area contributed by atoms with Crippen LogP contribution in [0.25, 0.3) is 11.3 Å². The molecule has 3 rings (SSSR count). The van der Waals surface area contributed by atoms with Crippen LogP contribution in [0.5, 0.6) is 0 Å². The molecular formula is C19H23ClN2O2. The molecule has 0 N–H and O–H groups in total. The fourth-order valence-electron chi connectivity index (χ4n) is 3.20. The van der Waals surface area contributed by atoms with E-state index in [0.29, 0.717) is 12.4 Å². The summed E-state index contributed by atoms with van der Waals surface area (Å²) in [5.74, 6) is 1.67. The highest BCUT2D eigenvalue weighted by Crippen LogP contribution is 2.37. The largest absolute Gasteiger partial charge is 0.442 e. The van der Waals surface area contributed by atoms with E-state index in [1.165, 1.54) is 0 Å². The van der Waals surface area contributed by atoms with Crippen LogP contribution in [0.3, 0.4) is 0 Å². The molecule has 1 saturated heterocycles. The number of hydrogen-bond acceptors (Lipinski definition) is 3. The van der Waals surface area contributed by atoms with Crippen molar-refractivity contribution in [1.82, 2.24) is 9.88 Å². The van der Waals surface area contributed by atoms with E-state index in [9.17, 15) is 4.79 Å². The highest BCUT2D eigenvalue weighted by Gasteiger charge is 2.36. The number of benzene rings is 1. The number of hydrogen-bond donors (Lipinski definition) is 0. The highest BCUT2D eigenvalue weighted by atomic mass is 35.5. The van der Waals surface area contributed by atoms with Crippen molar-refractivity contribution in [2.75, 3.05) is 6.54 Å². The first kappa shape index (κ1) is 17.0. The van der Waals surface area contributed by atoms with Crippen LogP contribution in [0.2, 0.25) is 0 Å². The number of aromatic nitrogens is 1. The second-order valence-corrected chi connectivity index (χ2v) is 7.25. The number of alkyl halides is 1. The van der Waals surface area contributed by atoms with Gasteiger partial charge in [0.25, 0.3) is 0 Å². The van der Waals surface area contributed by atoms with Gasteiger partial charge in [0, 0.05) is 18.0 Å². The van der Waals surface area contributed by atoms with Gasteiger partial charge in [0.1, 0.15) is 22.9 Å². The second kappa shape index (κ2) is 6.98. The summed E-state index contributed by atoms with van der Waals surface area (Å²) in [5.41, 5.74) is 1.91. The van der Waals surface area contributed by atoms with Crippen molar-refractivity contribution in [2.45, 2.75) is 50.9 Å². The number of amides is 1. The molecule has 0 spiro atoms. The van der Waals surface area contributed by atoms with Gasteiger partial charge in [-0.05, 0) is 19.8 Å². The van der Waals surface area contributed by atoms with Crippen LogP contribution in [0.4, 0.5) is 0 Å². The summed E-state index contributed by atoms with van der Waals surface area (Å²) in [6.07, 6.45) is 1.81. The first-order valence-corrected chi connectivity index (χ1v) is 8.93. The van der Waals surface area contributed by atoms with Crippen LogP contribution < -0.4 is 0 Å². The van der Waals surface area contributed by atoms with Gasteiger partial charge in [-0.2, -0.15) is 0 Å². The van der Waals surface area contributed by atoms with Gasteiger partial charge in [0.15, 0.2) is 0 Å². The fraction of sp³-hybridized carbons (Fsp3) is 0.474. The van der Waals surface area contributed by atoms with Crippen molar-refractivity contribution in [1.29, 1.82) is 0 Å². The Morgan fingerprint density at radius 2 is 2.00 bits per heavy atom. The average Bonchev–Trinajstić information content (AvgIpc) is 3.21. The molecule has 0 bridgehead atoms. The van der Waals surface area contributed by atoms with Gasteiger partial charge in [-0.1, -0.05) is 44.2 Å². The molecule has 1 aliphatic heterocycles. The summed E-state index contributed by atoms with van der Waals surface area (Å²) in [4.78, 5) is 18.9. The topological polar surface area (TPSA) is 46.3 Å². The zero-order chi connectivity index (χ0) is 17.3. The van der Waals surface area contributed by atoms with Crippen LogP contribution in [-0.4, -0.2) is 27.7 Å². The molecule has 24 heavy (non-hydrogen) atoms. The monoisotopic (exact) mass is 346 g/mol. The Labute approximate surface area is 147 Å². The maximum Gasteiger partial charge on any atom is 0.241 e. The minimum atomic E-state index is -0.529. The molecule has 4 nitrogen and oxygen atoms in total. The maximum atomic E-state index is 12.3. The molecule has 2 unspecified atom stereocenters. The average molecular weight is 347 g/mol. The fourth-order valence-corrected chi connectivity index (χ4v) is 3.33. The first-order chi connectivity index (χ1) is 11.5. The first-order valence-electron chi connectivity index (χ1n) is 8.49. The second-order valence-electron chi connectivity index (χ2n) is 6.59. The number of carbonyl (C=O) groups excluding carboxylic acids is 1. The normalized spacial score (nSPS) is 19.0. The van der Waals surface area contributed by atoms with Gasteiger partial charge in [-0.3, -0.25) is 4.79 Å². The third kappa shape index (κ3) is 3.20. The Kier molecular flexibility index (Phi) is 4.95. The van der Waals surface area contributed by atoms with E-state index in [2.05, 4.69) is 13.8 Å². The lowest BCUT2D eigenvalue weighted by Crippen LogP contribution is -2.35. The van der Waals surface area contributed by atoms with Crippen molar-refractivity contribution in [2.24, 2.45) is 0 Å². The van der Waals surface area contributed by atoms with Crippen LogP contribution in [0.15, 0.2) is 34.7 Å². The molecule has 128 valence electrons. The lowest BCUT2D eigenvalue weighted by molar-refractivity contribution is -0.131. The third-order valence-electron chi connectivity index (χ3n) is 4.40. The van der Waals surface area contributed by atoms with E-state index in [-0.39, 0.29) is 17.9 Å². The van der Waals surface area contributed by atoms with Gasteiger partial charge in [0.2, 0.25) is 11.8 Å². The molecular weight excluding hydrogens is 324 g/mol. The van der Waals surface area contributed by atoms with Crippen LogP contribution >= 0.6 is 11.6 Å². The lowest BCUT2D eigenvalue weighted by Gasteiger charge is -2.23. The quantitative estimate of drug-likeness (QED) is 0.750. The Morgan fingerprint density at radius 1 is 1.29 bits per heavy atom. The van der Waals surface area contributed by atoms with E-state index in [1.807, 2.05) is 35.2 Å². The van der Waals surface area contributed by atoms with Crippen LogP contribution in [-0.2, 0) is 4.79 Å². The lowest BCUT2D eigenvalue weighted by atomic mass is 10.0. The minimum Gasteiger partial charge on any atom is -0.442 e. The number of likely N-dealkylation sites (tertiary alicyclic amines) is 1. The van der Waals surface area contributed by atoms with E-state index < -0.39 is 5.38 Å².